The Balaban J connectivity index is 1.66. The Bertz CT molecular complexity index is 775. The van der Waals surface area contributed by atoms with E-state index in [9.17, 15) is 4.79 Å². The van der Waals surface area contributed by atoms with Crippen LogP contribution < -0.4 is 10.1 Å². The lowest BCUT2D eigenvalue weighted by Gasteiger charge is -2.36. The van der Waals surface area contributed by atoms with Crippen LogP contribution in [0.15, 0.2) is 48.5 Å². The molecule has 0 radical (unpaired) electrons. The molecular formula is C25H34N2O2. The number of carbonyl (C=O) groups is 1. The van der Waals surface area contributed by atoms with Crippen LogP contribution in [0.1, 0.15) is 49.7 Å². The Hall–Kier alpha value is -2.33. The van der Waals surface area contributed by atoms with Crippen LogP contribution in [0, 0.1) is 6.92 Å². The molecule has 0 bridgehead atoms. The van der Waals surface area contributed by atoms with Gasteiger partial charge in [0.15, 0.2) is 0 Å². The maximum absolute atomic E-state index is 13.4. The third kappa shape index (κ3) is 5.60. The quantitative estimate of drug-likeness (QED) is 0.628. The fourth-order valence-electron chi connectivity index (χ4n) is 4.13. The number of amides is 1. The highest BCUT2D eigenvalue weighted by Gasteiger charge is 2.41. The van der Waals surface area contributed by atoms with Gasteiger partial charge in [0.05, 0.1) is 12.0 Å². The maximum atomic E-state index is 13.4. The third-order valence-electron chi connectivity index (χ3n) is 5.88. The van der Waals surface area contributed by atoms with Crippen LogP contribution in [-0.2, 0) is 10.2 Å². The number of rotatable bonds is 8. The molecule has 1 amide bonds. The van der Waals surface area contributed by atoms with E-state index in [0.29, 0.717) is 6.61 Å². The fourth-order valence-corrected chi connectivity index (χ4v) is 4.13. The molecule has 0 spiro atoms. The first kappa shape index (κ1) is 21.4. The Kier molecular flexibility index (Phi) is 7.32. The highest BCUT2D eigenvalue weighted by molar-refractivity contribution is 5.99. The molecule has 2 aromatic carbocycles. The number of hydrogen-bond donors (Lipinski definition) is 1. The molecule has 1 aliphatic rings. The fraction of sp³-hybridized carbons (Fsp3) is 0.480. The SMILES string of the molecule is Cc1ccc(C2(C(=O)Nc3ccc(OCCCN(C)C)cc3)CCCCC2)cc1. The van der Waals surface area contributed by atoms with Crippen LogP contribution >= 0.6 is 0 Å². The molecule has 1 aliphatic carbocycles. The summed E-state index contributed by atoms with van der Waals surface area (Å²) in [6.45, 7) is 3.79. The van der Waals surface area contributed by atoms with E-state index in [-0.39, 0.29) is 5.91 Å². The zero-order valence-corrected chi connectivity index (χ0v) is 18.0. The van der Waals surface area contributed by atoms with Gasteiger partial charge in [-0.1, -0.05) is 49.1 Å². The summed E-state index contributed by atoms with van der Waals surface area (Å²) in [5, 5.41) is 3.17. The normalized spacial score (nSPS) is 15.9. The van der Waals surface area contributed by atoms with Crippen molar-refractivity contribution >= 4 is 11.6 Å². The van der Waals surface area contributed by atoms with Gasteiger partial charge in [0.25, 0.3) is 0 Å². The lowest BCUT2D eigenvalue weighted by molar-refractivity contribution is -0.122. The van der Waals surface area contributed by atoms with Crippen molar-refractivity contribution in [3.05, 3.63) is 59.7 Å². The minimum Gasteiger partial charge on any atom is -0.494 e. The highest BCUT2D eigenvalue weighted by Crippen LogP contribution is 2.40. The minimum atomic E-state index is -0.423. The number of carbonyl (C=O) groups excluding carboxylic acids is 1. The monoisotopic (exact) mass is 394 g/mol. The summed E-state index contributed by atoms with van der Waals surface area (Å²) in [5.41, 5.74) is 2.77. The molecule has 0 aromatic heterocycles. The standard InChI is InChI=1S/C25H34N2O2/c1-20-8-10-21(11-9-20)25(16-5-4-6-17-25)24(28)26-22-12-14-23(15-13-22)29-19-7-18-27(2)3/h8-15H,4-7,16-19H2,1-3H3,(H,26,28). The molecular weight excluding hydrogens is 360 g/mol. The van der Waals surface area contributed by atoms with Crippen molar-refractivity contribution in [2.75, 3.05) is 32.6 Å². The van der Waals surface area contributed by atoms with Crippen molar-refractivity contribution in [1.29, 1.82) is 0 Å². The Morgan fingerprint density at radius 1 is 1.00 bits per heavy atom. The van der Waals surface area contributed by atoms with E-state index in [2.05, 4.69) is 55.5 Å². The first-order chi connectivity index (χ1) is 14.0. The molecule has 0 saturated heterocycles. The van der Waals surface area contributed by atoms with E-state index in [1.165, 1.54) is 12.0 Å². The predicted molar refractivity (Wildman–Crippen MR) is 120 cm³/mol. The van der Waals surface area contributed by atoms with Gasteiger partial charge in [0.1, 0.15) is 5.75 Å². The molecule has 156 valence electrons. The number of ether oxygens (including phenoxy) is 1. The Labute approximate surface area is 175 Å². The molecule has 2 aromatic rings. The summed E-state index contributed by atoms with van der Waals surface area (Å²) in [6.07, 6.45) is 6.22. The first-order valence-corrected chi connectivity index (χ1v) is 10.8. The lowest BCUT2D eigenvalue weighted by atomic mass is 9.68. The number of aryl methyl sites for hydroxylation is 1. The molecule has 29 heavy (non-hydrogen) atoms. The second-order valence-corrected chi connectivity index (χ2v) is 8.49. The van der Waals surface area contributed by atoms with Crippen LogP contribution in [0.5, 0.6) is 5.75 Å². The van der Waals surface area contributed by atoms with Crippen molar-refractivity contribution in [2.24, 2.45) is 0 Å². The van der Waals surface area contributed by atoms with Crippen LogP contribution in [0.3, 0.4) is 0 Å². The summed E-state index contributed by atoms with van der Waals surface area (Å²) in [5.74, 6) is 0.952. The van der Waals surface area contributed by atoms with Crippen molar-refractivity contribution < 1.29 is 9.53 Å². The summed E-state index contributed by atoms with van der Waals surface area (Å²) in [4.78, 5) is 15.5. The topological polar surface area (TPSA) is 41.6 Å². The van der Waals surface area contributed by atoms with E-state index in [1.54, 1.807) is 0 Å². The third-order valence-corrected chi connectivity index (χ3v) is 5.88. The van der Waals surface area contributed by atoms with E-state index in [0.717, 1.165) is 55.6 Å². The van der Waals surface area contributed by atoms with Gasteiger partial charge in [-0.25, -0.2) is 0 Å². The van der Waals surface area contributed by atoms with Crippen molar-refractivity contribution in [3.8, 4) is 5.75 Å². The summed E-state index contributed by atoms with van der Waals surface area (Å²) >= 11 is 0. The highest BCUT2D eigenvalue weighted by atomic mass is 16.5. The van der Waals surface area contributed by atoms with Crippen molar-refractivity contribution in [1.82, 2.24) is 4.90 Å². The van der Waals surface area contributed by atoms with Gasteiger partial charge < -0.3 is 15.0 Å². The number of nitrogens with one attached hydrogen (secondary N) is 1. The molecule has 0 heterocycles. The van der Waals surface area contributed by atoms with Crippen LogP contribution in [0.2, 0.25) is 0 Å². The molecule has 1 fully saturated rings. The largest absolute Gasteiger partial charge is 0.494 e. The maximum Gasteiger partial charge on any atom is 0.235 e. The molecule has 0 atom stereocenters. The molecule has 1 saturated carbocycles. The van der Waals surface area contributed by atoms with E-state index >= 15 is 0 Å². The van der Waals surface area contributed by atoms with Gasteiger partial charge >= 0.3 is 0 Å². The van der Waals surface area contributed by atoms with Gasteiger partial charge in [-0.05, 0) is 70.1 Å². The second kappa shape index (κ2) is 9.93. The summed E-state index contributed by atoms with van der Waals surface area (Å²) in [7, 11) is 4.13. The molecule has 0 aliphatic heterocycles. The average molecular weight is 395 g/mol. The van der Waals surface area contributed by atoms with Gasteiger partial charge in [-0.3, -0.25) is 4.79 Å². The number of hydrogen-bond acceptors (Lipinski definition) is 3. The van der Waals surface area contributed by atoms with Crippen LogP contribution in [0.25, 0.3) is 0 Å². The molecule has 3 rings (SSSR count). The second-order valence-electron chi connectivity index (χ2n) is 8.49. The zero-order valence-electron chi connectivity index (χ0n) is 18.0. The Morgan fingerprint density at radius 2 is 1.66 bits per heavy atom. The van der Waals surface area contributed by atoms with Gasteiger partial charge in [0, 0.05) is 12.2 Å². The minimum absolute atomic E-state index is 0.112. The summed E-state index contributed by atoms with van der Waals surface area (Å²) < 4.78 is 5.79. The lowest BCUT2D eigenvalue weighted by Crippen LogP contribution is -2.42. The first-order valence-electron chi connectivity index (χ1n) is 10.8. The van der Waals surface area contributed by atoms with E-state index < -0.39 is 5.41 Å². The zero-order chi connectivity index (χ0) is 20.7. The van der Waals surface area contributed by atoms with Crippen LogP contribution in [-0.4, -0.2) is 38.1 Å². The average Bonchev–Trinajstić information content (AvgIpc) is 2.73. The summed E-state index contributed by atoms with van der Waals surface area (Å²) in [6, 6.07) is 16.2. The molecule has 4 heteroatoms. The predicted octanol–water partition coefficient (Wildman–Crippen LogP) is 5.17. The molecule has 4 nitrogen and oxygen atoms in total. The van der Waals surface area contributed by atoms with Gasteiger partial charge in [-0.2, -0.15) is 0 Å². The number of anilines is 1. The molecule has 0 unspecified atom stereocenters. The number of benzene rings is 2. The van der Waals surface area contributed by atoms with Crippen molar-refractivity contribution in [3.63, 3.8) is 0 Å². The van der Waals surface area contributed by atoms with Crippen molar-refractivity contribution in [2.45, 2.75) is 50.9 Å². The van der Waals surface area contributed by atoms with Gasteiger partial charge in [-0.15, -0.1) is 0 Å². The van der Waals surface area contributed by atoms with Crippen LogP contribution in [0.4, 0.5) is 5.69 Å². The van der Waals surface area contributed by atoms with E-state index in [1.807, 2.05) is 24.3 Å². The Morgan fingerprint density at radius 3 is 2.28 bits per heavy atom. The smallest absolute Gasteiger partial charge is 0.235 e. The molecule has 1 N–H and O–H groups in total. The van der Waals surface area contributed by atoms with Gasteiger partial charge in [0.2, 0.25) is 5.91 Å². The van der Waals surface area contributed by atoms with E-state index in [4.69, 9.17) is 4.74 Å². The number of nitrogens with zero attached hydrogens (tertiary/aromatic N) is 1.